The average molecular weight is 367 g/mol. The van der Waals surface area contributed by atoms with Crippen LogP contribution in [0.5, 0.6) is 0 Å². The molecule has 1 aromatic carbocycles. The molecular weight excluding hydrogens is 351 g/mol. The Bertz CT molecular complexity index is 396. The predicted octanol–water partition coefficient (Wildman–Crippen LogP) is 2.34. The molecule has 0 unspecified atom stereocenters. The van der Waals surface area contributed by atoms with Crippen LogP contribution >= 0.6 is 24.0 Å². The maximum atomic E-state index is 13.8. The lowest BCUT2D eigenvalue weighted by Gasteiger charge is -2.21. The zero-order valence-electron chi connectivity index (χ0n) is 9.83. The van der Waals surface area contributed by atoms with E-state index in [9.17, 15) is 8.78 Å². The van der Waals surface area contributed by atoms with Crippen LogP contribution in [0.1, 0.15) is 12.0 Å². The van der Waals surface area contributed by atoms with Gasteiger partial charge in [0.25, 0.3) is 5.92 Å². The zero-order chi connectivity index (χ0) is 12.1. The van der Waals surface area contributed by atoms with Crippen molar-refractivity contribution in [2.24, 2.45) is 4.99 Å². The first-order chi connectivity index (χ1) is 8.18. The Labute approximate surface area is 122 Å². The second kappa shape index (κ2) is 6.86. The molecule has 18 heavy (non-hydrogen) atoms. The summed E-state index contributed by atoms with van der Waals surface area (Å²) in [5, 5.41) is 5.60. The van der Waals surface area contributed by atoms with Crippen molar-refractivity contribution in [1.82, 2.24) is 10.6 Å². The first-order valence-corrected chi connectivity index (χ1v) is 5.64. The molecule has 1 aliphatic heterocycles. The van der Waals surface area contributed by atoms with Crippen LogP contribution in [-0.4, -0.2) is 25.6 Å². The molecule has 0 aliphatic carbocycles. The van der Waals surface area contributed by atoms with Gasteiger partial charge in [-0.25, -0.2) is 0 Å². The first kappa shape index (κ1) is 15.1. The van der Waals surface area contributed by atoms with Crippen LogP contribution in [0, 0.1) is 0 Å². The molecule has 2 rings (SSSR count). The first-order valence-electron chi connectivity index (χ1n) is 5.64. The SMILES string of the molecule is FC(F)(CNC1=NCCCN1)c1ccccc1.I. The van der Waals surface area contributed by atoms with Crippen molar-refractivity contribution < 1.29 is 8.78 Å². The van der Waals surface area contributed by atoms with Gasteiger partial charge in [0.15, 0.2) is 5.96 Å². The van der Waals surface area contributed by atoms with Crippen molar-refractivity contribution in [1.29, 1.82) is 0 Å². The molecule has 0 spiro atoms. The van der Waals surface area contributed by atoms with E-state index < -0.39 is 12.5 Å². The number of nitrogens with zero attached hydrogens (tertiary/aromatic N) is 1. The lowest BCUT2D eigenvalue weighted by atomic mass is 10.1. The normalized spacial score (nSPS) is 15.1. The van der Waals surface area contributed by atoms with Crippen LogP contribution in [-0.2, 0) is 5.92 Å². The standard InChI is InChI=1S/C12H15F2N3.HI/c13-12(14,10-5-2-1-3-6-10)9-17-11-15-7-4-8-16-11;/h1-3,5-6H,4,7-9H2,(H2,15,16,17);1H. The fourth-order valence-electron chi connectivity index (χ4n) is 1.63. The van der Waals surface area contributed by atoms with Gasteiger partial charge in [-0.05, 0) is 6.42 Å². The van der Waals surface area contributed by atoms with Crippen molar-refractivity contribution in [3.8, 4) is 0 Å². The Morgan fingerprint density at radius 3 is 2.61 bits per heavy atom. The number of alkyl halides is 2. The molecule has 0 amide bonds. The van der Waals surface area contributed by atoms with E-state index in [1.54, 1.807) is 18.2 Å². The minimum Gasteiger partial charge on any atom is -0.356 e. The molecule has 100 valence electrons. The molecule has 2 N–H and O–H groups in total. The number of hydrogen-bond donors (Lipinski definition) is 2. The molecule has 0 atom stereocenters. The van der Waals surface area contributed by atoms with Gasteiger partial charge < -0.3 is 10.6 Å². The Kier molecular flexibility index (Phi) is 5.77. The topological polar surface area (TPSA) is 36.4 Å². The van der Waals surface area contributed by atoms with Gasteiger partial charge in [-0.1, -0.05) is 30.3 Å². The monoisotopic (exact) mass is 367 g/mol. The van der Waals surface area contributed by atoms with E-state index in [2.05, 4.69) is 15.6 Å². The summed E-state index contributed by atoms with van der Waals surface area (Å²) in [6.45, 7) is 1.03. The van der Waals surface area contributed by atoms with Crippen molar-refractivity contribution in [2.45, 2.75) is 12.3 Å². The maximum Gasteiger partial charge on any atom is 0.290 e. The Hall–Kier alpha value is -0.920. The smallest absolute Gasteiger partial charge is 0.290 e. The maximum absolute atomic E-state index is 13.8. The lowest BCUT2D eigenvalue weighted by molar-refractivity contribution is 0.00105. The van der Waals surface area contributed by atoms with Crippen LogP contribution in [0.4, 0.5) is 8.78 Å². The Balaban J connectivity index is 0.00000162. The highest BCUT2D eigenvalue weighted by Gasteiger charge is 2.31. The zero-order valence-corrected chi connectivity index (χ0v) is 12.2. The summed E-state index contributed by atoms with van der Waals surface area (Å²) >= 11 is 0. The van der Waals surface area contributed by atoms with Crippen LogP contribution in [0.15, 0.2) is 35.3 Å². The van der Waals surface area contributed by atoms with Crippen LogP contribution in [0.25, 0.3) is 0 Å². The summed E-state index contributed by atoms with van der Waals surface area (Å²) in [5.74, 6) is -2.42. The summed E-state index contributed by atoms with van der Waals surface area (Å²) in [7, 11) is 0. The third-order valence-electron chi connectivity index (χ3n) is 2.57. The number of rotatable bonds is 3. The lowest BCUT2D eigenvalue weighted by Crippen LogP contribution is -2.44. The second-order valence-corrected chi connectivity index (χ2v) is 3.93. The molecule has 0 saturated carbocycles. The van der Waals surface area contributed by atoms with E-state index in [0.717, 1.165) is 13.0 Å². The van der Waals surface area contributed by atoms with Gasteiger partial charge in [0, 0.05) is 18.7 Å². The molecule has 0 saturated heterocycles. The van der Waals surface area contributed by atoms with Crippen LogP contribution in [0.3, 0.4) is 0 Å². The highest BCUT2D eigenvalue weighted by Crippen LogP contribution is 2.26. The van der Waals surface area contributed by atoms with Crippen LogP contribution < -0.4 is 10.6 Å². The number of benzene rings is 1. The summed E-state index contributed by atoms with van der Waals surface area (Å²) in [5.41, 5.74) is 0.0175. The molecule has 1 aliphatic rings. The third-order valence-corrected chi connectivity index (χ3v) is 2.57. The van der Waals surface area contributed by atoms with Gasteiger partial charge in [0.2, 0.25) is 0 Å². The minimum absolute atomic E-state index is 0. The Morgan fingerprint density at radius 1 is 1.28 bits per heavy atom. The van der Waals surface area contributed by atoms with Gasteiger partial charge in [0.1, 0.15) is 0 Å². The van der Waals surface area contributed by atoms with E-state index in [4.69, 9.17) is 0 Å². The largest absolute Gasteiger partial charge is 0.356 e. The number of halogens is 3. The average Bonchev–Trinajstić information content (AvgIpc) is 2.39. The van der Waals surface area contributed by atoms with E-state index in [-0.39, 0.29) is 29.5 Å². The molecular formula is C12H16F2IN3. The fraction of sp³-hybridized carbons (Fsp3) is 0.417. The van der Waals surface area contributed by atoms with E-state index >= 15 is 0 Å². The quantitative estimate of drug-likeness (QED) is 0.805. The molecule has 3 nitrogen and oxygen atoms in total. The summed E-state index contributed by atoms with van der Waals surface area (Å²) in [4.78, 5) is 4.09. The van der Waals surface area contributed by atoms with Crippen molar-refractivity contribution in [3.05, 3.63) is 35.9 Å². The predicted molar refractivity (Wildman–Crippen MR) is 78.7 cm³/mol. The molecule has 0 fully saturated rings. The van der Waals surface area contributed by atoms with Crippen molar-refractivity contribution in [2.75, 3.05) is 19.6 Å². The van der Waals surface area contributed by atoms with Gasteiger partial charge >= 0.3 is 0 Å². The third kappa shape index (κ3) is 4.08. The second-order valence-electron chi connectivity index (χ2n) is 3.93. The van der Waals surface area contributed by atoms with Crippen LogP contribution in [0.2, 0.25) is 0 Å². The highest BCUT2D eigenvalue weighted by atomic mass is 127. The molecule has 6 heteroatoms. The number of aliphatic imine (C=N–C) groups is 1. The summed E-state index contributed by atoms with van der Waals surface area (Å²) in [6.07, 6.45) is 0.945. The van der Waals surface area contributed by atoms with Gasteiger partial charge in [-0.3, -0.25) is 4.99 Å². The van der Waals surface area contributed by atoms with Crippen molar-refractivity contribution >= 4 is 29.9 Å². The molecule has 0 bridgehead atoms. The molecule has 1 heterocycles. The van der Waals surface area contributed by atoms with Gasteiger partial charge in [0.05, 0.1) is 6.54 Å². The van der Waals surface area contributed by atoms with E-state index in [0.29, 0.717) is 12.5 Å². The van der Waals surface area contributed by atoms with Gasteiger partial charge in [-0.15, -0.1) is 24.0 Å². The molecule has 0 aromatic heterocycles. The van der Waals surface area contributed by atoms with E-state index in [1.165, 1.54) is 12.1 Å². The highest BCUT2D eigenvalue weighted by molar-refractivity contribution is 14.0. The number of hydrogen-bond acceptors (Lipinski definition) is 3. The number of nitrogens with one attached hydrogen (secondary N) is 2. The minimum atomic E-state index is -2.89. The summed E-state index contributed by atoms with van der Waals surface area (Å²) in [6, 6.07) is 7.80. The fourth-order valence-corrected chi connectivity index (χ4v) is 1.63. The number of guanidine groups is 1. The Morgan fingerprint density at radius 2 is 2.00 bits per heavy atom. The molecule has 1 aromatic rings. The van der Waals surface area contributed by atoms with Crippen molar-refractivity contribution in [3.63, 3.8) is 0 Å². The van der Waals surface area contributed by atoms with Gasteiger partial charge in [-0.2, -0.15) is 8.78 Å². The van der Waals surface area contributed by atoms with E-state index in [1.807, 2.05) is 0 Å². The summed E-state index contributed by atoms with van der Waals surface area (Å²) < 4.78 is 27.5. The molecule has 0 radical (unpaired) electrons.